The van der Waals surface area contributed by atoms with E-state index in [9.17, 15) is 0 Å². The molecule has 0 aromatic rings. The van der Waals surface area contributed by atoms with E-state index in [1.54, 1.807) is 0 Å². The molecule has 0 aliphatic heterocycles. The maximum absolute atomic E-state index is 6.13. The minimum Gasteiger partial charge on any atom is -0.329 e. The Morgan fingerprint density at radius 3 is 2.06 bits per heavy atom. The van der Waals surface area contributed by atoms with Crippen molar-refractivity contribution in [1.82, 2.24) is 4.90 Å². The molecule has 18 heavy (non-hydrogen) atoms. The Hall–Kier alpha value is -0.0800. The Morgan fingerprint density at radius 2 is 1.72 bits per heavy atom. The molecule has 0 bridgehead atoms. The molecule has 1 fully saturated rings. The second kappa shape index (κ2) is 5.92. The highest BCUT2D eigenvalue weighted by Gasteiger charge is 2.40. The monoisotopic (exact) mass is 254 g/mol. The van der Waals surface area contributed by atoms with Crippen LogP contribution in [0.4, 0.5) is 0 Å². The molecule has 0 atom stereocenters. The lowest BCUT2D eigenvalue weighted by Crippen LogP contribution is -2.55. The molecule has 0 radical (unpaired) electrons. The molecule has 0 aromatic heterocycles. The molecule has 1 aliphatic rings. The summed E-state index contributed by atoms with van der Waals surface area (Å²) >= 11 is 0. The van der Waals surface area contributed by atoms with Crippen molar-refractivity contribution in [2.45, 2.75) is 65.8 Å². The fourth-order valence-corrected chi connectivity index (χ4v) is 3.50. The lowest BCUT2D eigenvalue weighted by Gasteiger charge is -2.49. The maximum atomic E-state index is 6.13. The van der Waals surface area contributed by atoms with Crippen LogP contribution in [0.1, 0.15) is 60.3 Å². The lowest BCUT2D eigenvalue weighted by atomic mass is 9.67. The summed E-state index contributed by atoms with van der Waals surface area (Å²) in [7, 11) is 2.27. The second-order valence-corrected chi connectivity index (χ2v) is 7.84. The number of hydrogen-bond donors (Lipinski definition) is 1. The van der Waals surface area contributed by atoms with Gasteiger partial charge in [-0.15, -0.1) is 0 Å². The van der Waals surface area contributed by atoms with E-state index in [-0.39, 0.29) is 5.54 Å². The molecule has 2 heteroatoms. The van der Waals surface area contributed by atoms with E-state index >= 15 is 0 Å². The van der Waals surface area contributed by atoms with Gasteiger partial charge in [-0.2, -0.15) is 0 Å². The van der Waals surface area contributed by atoms with Crippen LogP contribution >= 0.6 is 0 Å². The Balaban J connectivity index is 2.65. The molecule has 0 amide bonds. The molecule has 1 aliphatic carbocycles. The van der Waals surface area contributed by atoms with Crippen LogP contribution in [0.15, 0.2) is 0 Å². The molecular formula is C16H34N2. The van der Waals surface area contributed by atoms with Crippen LogP contribution in [0.2, 0.25) is 0 Å². The van der Waals surface area contributed by atoms with Crippen molar-refractivity contribution in [1.29, 1.82) is 0 Å². The van der Waals surface area contributed by atoms with Gasteiger partial charge < -0.3 is 5.73 Å². The van der Waals surface area contributed by atoms with Gasteiger partial charge in [-0.3, -0.25) is 4.90 Å². The molecule has 108 valence electrons. The highest BCUT2D eigenvalue weighted by molar-refractivity contribution is 4.96. The van der Waals surface area contributed by atoms with E-state index in [0.717, 1.165) is 24.9 Å². The topological polar surface area (TPSA) is 29.3 Å². The summed E-state index contributed by atoms with van der Waals surface area (Å²) in [6, 6.07) is 0. The molecule has 1 saturated carbocycles. The lowest BCUT2D eigenvalue weighted by molar-refractivity contribution is 0.0317. The third-order valence-corrected chi connectivity index (χ3v) is 4.97. The van der Waals surface area contributed by atoms with Crippen LogP contribution in [0.5, 0.6) is 0 Å². The molecule has 0 unspecified atom stereocenters. The fraction of sp³-hybridized carbons (Fsp3) is 1.00. The van der Waals surface area contributed by atoms with Crippen LogP contribution in [0.3, 0.4) is 0 Å². The highest BCUT2D eigenvalue weighted by Crippen LogP contribution is 2.43. The predicted molar refractivity (Wildman–Crippen MR) is 80.7 cm³/mol. The summed E-state index contributed by atoms with van der Waals surface area (Å²) in [5.74, 6) is 1.59. The Kier molecular flexibility index (Phi) is 5.25. The Labute approximate surface area is 114 Å². The first-order valence-corrected chi connectivity index (χ1v) is 7.62. The Morgan fingerprint density at radius 1 is 1.22 bits per heavy atom. The standard InChI is InChI=1S/C16H34N2/c1-13(2)11-18(6)16(12-17)9-7-14(8-10-16)15(3,4)5/h13-14H,7-12,17H2,1-6H3. The Bertz CT molecular complexity index is 244. The van der Waals surface area contributed by atoms with Crippen molar-refractivity contribution in [3.8, 4) is 0 Å². The minimum atomic E-state index is 0.270. The van der Waals surface area contributed by atoms with E-state index in [0.29, 0.717) is 5.41 Å². The molecule has 0 saturated heterocycles. The van der Waals surface area contributed by atoms with E-state index in [4.69, 9.17) is 5.73 Å². The van der Waals surface area contributed by atoms with Gasteiger partial charge in [0.1, 0.15) is 0 Å². The SMILES string of the molecule is CC(C)CN(C)C1(CN)CCC(C(C)(C)C)CC1. The third kappa shape index (κ3) is 3.71. The van der Waals surface area contributed by atoms with E-state index < -0.39 is 0 Å². The van der Waals surface area contributed by atoms with Gasteiger partial charge in [0.25, 0.3) is 0 Å². The molecule has 2 N–H and O–H groups in total. The van der Waals surface area contributed by atoms with Crippen molar-refractivity contribution in [2.24, 2.45) is 23.0 Å². The molecular weight excluding hydrogens is 220 g/mol. The number of nitrogens with two attached hydrogens (primary N) is 1. The molecule has 0 heterocycles. The number of hydrogen-bond acceptors (Lipinski definition) is 2. The number of nitrogens with zero attached hydrogens (tertiary/aromatic N) is 1. The summed E-state index contributed by atoms with van der Waals surface area (Å²) in [5.41, 5.74) is 6.85. The number of likely N-dealkylation sites (N-methyl/N-ethyl adjacent to an activating group) is 1. The largest absolute Gasteiger partial charge is 0.329 e. The average molecular weight is 254 g/mol. The third-order valence-electron chi connectivity index (χ3n) is 4.97. The van der Waals surface area contributed by atoms with Crippen LogP contribution in [0, 0.1) is 17.3 Å². The highest BCUT2D eigenvalue weighted by atomic mass is 15.2. The van der Waals surface area contributed by atoms with Crippen molar-refractivity contribution in [3.05, 3.63) is 0 Å². The molecule has 1 rings (SSSR count). The van der Waals surface area contributed by atoms with Crippen molar-refractivity contribution < 1.29 is 0 Å². The zero-order valence-electron chi connectivity index (χ0n) is 13.4. The van der Waals surface area contributed by atoms with Gasteiger partial charge in [0.15, 0.2) is 0 Å². The first kappa shape index (κ1) is 16.0. The van der Waals surface area contributed by atoms with E-state index in [1.807, 2.05) is 0 Å². The van der Waals surface area contributed by atoms with Crippen LogP contribution in [0.25, 0.3) is 0 Å². The van der Waals surface area contributed by atoms with Crippen molar-refractivity contribution in [2.75, 3.05) is 20.1 Å². The second-order valence-electron chi connectivity index (χ2n) is 7.84. The van der Waals surface area contributed by atoms with Gasteiger partial charge in [0.05, 0.1) is 0 Å². The quantitative estimate of drug-likeness (QED) is 0.832. The smallest absolute Gasteiger partial charge is 0.0329 e. The summed E-state index contributed by atoms with van der Waals surface area (Å²) in [6.07, 6.45) is 5.22. The number of rotatable bonds is 4. The minimum absolute atomic E-state index is 0.270. The van der Waals surface area contributed by atoms with Gasteiger partial charge in [-0.1, -0.05) is 34.6 Å². The van der Waals surface area contributed by atoms with Gasteiger partial charge in [-0.05, 0) is 50.0 Å². The van der Waals surface area contributed by atoms with Crippen LogP contribution in [-0.4, -0.2) is 30.6 Å². The molecule has 0 aromatic carbocycles. The average Bonchev–Trinajstić information content (AvgIpc) is 2.27. The fourth-order valence-electron chi connectivity index (χ4n) is 3.50. The van der Waals surface area contributed by atoms with Gasteiger partial charge >= 0.3 is 0 Å². The van der Waals surface area contributed by atoms with Gasteiger partial charge in [0.2, 0.25) is 0 Å². The first-order valence-electron chi connectivity index (χ1n) is 7.62. The summed E-state index contributed by atoms with van der Waals surface area (Å²) in [4.78, 5) is 2.54. The summed E-state index contributed by atoms with van der Waals surface area (Å²) < 4.78 is 0. The van der Waals surface area contributed by atoms with Crippen molar-refractivity contribution >= 4 is 0 Å². The summed E-state index contributed by atoms with van der Waals surface area (Å²) in [5, 5.41) is 0. The summed E-state index contributed by atoms with van der Waals surface area (Å²) in [6.45, 7) is 13.7. The van der Waals surface area contributed by atoms with Crippen LogP contribution < -0.4 is 5.73 Å². The van der Waals surface area contributed by atoms with Crippen molar-refractivity contribution in [3.63, 3.8) is 0 Å². The van der Waals surface area contributed by atoms with E-state index in [2.05, 4.69) is 46.6 Å². The molecule has 0 spiro atoms. The van der Waals surface area contributed by atoms with Gasteiger partial charge in [-0.25, -0.2) is 0 Å². The molecule has 2 nitrogen and oxygen atoms in total. The van der Waals surface area contributed by atoms with Crippen LogP contribution in [-0.2, 0) is 0 Å². The first-order chi connectivity index (χ1) is 8.21. The zero-order chi connectivity index (χ0) is 14.0. The zero-order valence-corrected chi connectivity index (χ0v) is 13.4. The van der Waals surface area contributed by atoms with E-state index in [1.165, 1.54) is 25.7 Å². The normalized spacial score (nSPS) is 30.2. The van der Waals surface area contributed by atoms with Gasteiger partial charge in [0, 0.05) is 18.6 Å². The maximum Gasteiger partial charge on any atom is 0.0329 e. The predicted octanol–water partition coefficient (Wildman–Crippen LogP) is 3.51.